The number of methoxy groups -OCH3 is 1. The molecule has 1 aromatic heterocycles. The molecule has 0 saturated carbocycles. The highest BCUT2D eigenvalue weighted by molar-refractivity contribution is 5.46. The number of hydrogen-bond acceptors (Lipinski definition) is 3. The van der Waals surface area contributed by atoms with Gasteiger partial charge in [-0.15, -0.1) is 0 Å². The molecule has 2 aromatic rings. The van der Waals surface area contributed by atoms with Crippen molar-refractivity contribution in [2.45, 2.75) is 20.3 Å². The first-order valence-electron chi connectivity index (χ1n) is 6.09. The molecular weight excluding hydrogens is 226 g/mol. The average molecular weight is 245 g/mol. The zero-order valence-electron chi connectivity index (χ0n) is 11.1. The Morgan fingerprint density at radius 3 is 2.78 bits per heavy atom. The van der Waals surface area contributed by atoms with Gasteiger partial charge >= 0.3 is 0 Å². The molecule has 2 rings (SSSR count). The SMILES string of the molecule is COc1cccc(-n2nc(CC(C)C)cc2N)c1. The van der Waals surface area contributed by atoms with Gasteiger partial charge in [0.05, 0.1) is 18.5 Å². The molecule has 4 nitrogen and oxygen atoms in total. The van der Waals surface area contributed by atoms with E-state index in [2.05, 4.69) is 18.9 Å². The highest BCUT2D eigenvalue weighted by atomic mass is 16.5. The lowest BCUT2D eigenvalue weighted by atomic mass is 10.1. The van der Waals surface area contributed by atoms with Crippen molar-refractivity contribution in [3.63, 3.8) is 0 Å². The predicted molar refractivity (Wildman–Crippen MR) is 73.1 cm³/mol. The third-order valence-corrected chi connectivity index (χ3v) is 2.70. The number of hydrogen-bond donors (Lipinski definition) is 1. The monoisotopic (exact) mass is 245 g/mol. The molecule has 0 bridgehead atoms. The minimum Gasteiger partial charge on any atom is -0.497 e. The molecule has 0 amide bonds. The van der Waals surface area contributed by atoms with Crippen LogP contribution in [0.15, 0.2) is 30.3 Å². The molecule has 0 saturated heterocycles. The van der Waals surface area contributed by atoms with E-state index in [1.165, 1.54) is 0 Å². The molecule has 0 atom stereocenters. The van der Waals surface area contributed by atoms with Gasteiger partial charge in [-0.05, 0) is 24.5 Å². The molecule has 0 aliphatic rings. The molecule has 96 valence electrons. The topological polar surface area (TPSA) is 53.1 Å². The van der Waals surface area contributed by atoms with Crippen molar-refractivity contribution in [3.05, 3.63) is 36.0 Å². The van der Waals surface area contributed by atoms with Gasteiger partial charge in [0.2, 0.25) is 0 Å². The molecule has 0 spiro atoms. The fraction of sp³-hybridized carbons (Fsp3) is 0.357. The normalized spacial score (nSPS) is 10.9. The minimum atomic E-state index is 0.568. The predicted octanol–water partition coefficient (Wildman–Crippen LogP) is 2.66. The summed E-state index contributed by atoms with van der Waals surface area (Å²) >= 11 is 0. The molecule has 0 unspecified atom stereocenters. The smallest absolute Gasteiger partial charge is 0.127 e. The average Bonchev–Trinajstić information content (AvgIpc) is 2.69. The lowest BCUT2D eigenvalue weighted by Gasteiger charge is -2.06. The van der Waals surface area contributed by atoms with Gasteiger partial charge < -0.3 is 10.5 Å². The maximum Gasteiger partial charge on any atom is 0.127 e. The van der Waals surface area contributed by atoms with Crippen LogP contribution in [0.5, 0.6) is 5.75 Å². The van der Waals surface area contributed by atoms with Gasteiger partial charge in [0.1, 0.15) is 11.6 Å². The van der Waals surface area contributed by atoms with Crippen molar-refractivity contribution in [2.75, 3.05) is 12.8 Å². The second-order valence-electron chi connectivity index (χ2n) is 4.77. The van der Waals surface area contributed by atoms with Crippen LogP contribution in [0.4, 0.5) is 5.82 Å². The third kappa shape index (κ3) is 2.64. The lowest BCUT2D eigenvalue weighted by molar-refractivity contribution is 0.414. The fourth-order valence-electron chi connectivity index (χ4n) is 1.91. The Balaban J connectivity index is 2.34. The lowest BCUT2D eigenvalue weighted by Crippen LogP contribution is -2.02. The van der Waals surface area contributed by atoms with Crippen LogP contribution >= 0.6 is 0 Å². The zero-order chi connectivity index (χ0) is 13.1. The van der Waals surface area contributed by atoms with Crippen LogP contribution in [0, 0.1) is 5.92 Å². The largest absolute Gasteiger partial charge is 0.497 e. The van der Waals surface area contributed by atoms with E-state index in [9.17, 15) is 0 Å². The summed E-state index contributed by atoms with van der Waals surface area (Å²) in [6.07, 6.45) is 0.932. The van der Waals surface area contributed by atoms with Gasteiger partial charge in [0, 0.05) is 12.1 Å². The molecule has 18 heavy (non-hydrogen) atoms. The zero-order valence-corrected chi connectivity index (χ0v) is 11.1. The van der Waals surface area contributed by atoms with Crippen LogP contribution in [-0.2, 0) is 6.42 Å². The van der Waals surface area contributed by atoms with Gasteiger partial charge in [-0.3, -0.25) is 0 Å². The second kappa shape index (κ2) is 5.12. The van der Waals surface area contributed by atoms with E-state index < -0.39 is 0 Å². The van der Waals surface area contributed by atoms with E-state index in [1.54, 1.807) is 11.8 Å². The van der Waals surface area contributed by atoms with Crippen molar-refractivity contribution >= 4 is 5.82 Å². The van der Waals surface area contributed by atoms with E-state index in [0.29, 0.717) is 11.7 Å². The number of anilines is 1. The number of rotatable bonds is 4. The van der Waals surface area contributed by atoms with Crippen LogP contribution in [-0.4, -0.2) is 16.9 Å². The second-order valence-corrected chi connectivity index (χ2v) is 4.77. The van der Waals surface area contributed by atoms with Crippen LogP contribution in [0.1, 0.15) is 19.5 Å². The van der Waals surface area contributed by atoms with Crippen molar-refractivity contribution < 1.29 is 4.74 Å². The van der Waals surface area contributed by atoms with Crippen molar-refractivity contribution in [3.8, 4) is 11.4 Å². The van der Waals surface area contributed by atoms with E-state index in [-0.39, 0.29) is 0 Å². The highest BCUT2D eigenvalue weighted by Gasteiger charge is 2.08. The molecule has 4 heteroatoms. The van der Waals surface area contributed by atoms with E-state index in [0.717, 1.165) is 23.6 Å². The summed E-state index contributed by atoms with van der Waals surface area (Å²) in [7, 11) is 1.65. The number of aromatic nitrogens is 2. The Labute approximate surface area is 107 Å². The molecule has 0 aliphatic carbocycles. The quantitative estimate of drug-likeness (QED) is 0.901. The van der Waals surface area contributed by atoms with Gasteiger partial charge in [-0.2, -0.15) is 5.10 Å². The Bertz CT molecular complexity index is 532. The summed E-state index contributed by atoms with van der Waals surface area (Å²) in [5.74, 6) is 2.02. The van der Waals surface area contributed by atoms with E-state index >= 15 is 0 Å². The highest BCUT2D eigenvalue weighted by Crippen LogP contribution is 2.20. The molecule has 2 N–H and O–H groups in total. The standard InChI is InChI=1S/C14H19N3O/c1-10(2)7-11-8-14(15)17(16-11)12-5-4-6-13(9-12)18-3/h4-6,8-10H,7,15H2,1-3H3. The molecule has 0 radical (unpaired) electrons. The Hall–Kier alpha value is -1.97. The maximum atomic E-state index is 6.00. The van der Waals surface area contributed by atoms with E-state index in [4.69, 9.17) is 10.5 Å². The summed E-state index contributed by atoms with van der Waals surface area (Å²) < 4.78 is 6.96. The summed E-state index contributed by atoms with van der Waals surface area (Å²) in [4.78, 5) is 0. The maximum absolute atomic E-state index is 6.00. The van der Waals surface area contributed by atoms with Gasteiger partial charge in [0.15, 0.2) is 0 Å². The van der Waals surface area contributed by atoms with Crippen LogP contribution < -0.4 is 10.5 Å². The van der Waals surface area contributed by atoms with Crippen LogP contribution in [0.25, 0.3) is 5.69 Å². The van der Waals surface area contributed by atoms with Crippen molar-refractivity contribution in [2.24, 2.45) is 5.92 Å². The van der Waals surface area contributed by atoms with Gasteiger partial charge in [-0.25, -0.2) is 4.68 Å². The Morgan fingerprint density at radius 2 is 2.11 bits per heavy atom. The van der Waals surface area contributed by atoms with Crippen LogP contribution in [0.2, 0.25) is 0 Å². The summed E-state index contributed by atoms with van der Waals surface area (Å²) in [6, 6.07) is 9.64. The summed E-state index contributed by atoms with van der Waals surface area (Å²) in [5, 5.41) is 4.53. The minimum absolute atomic E-state index is 0.568. The Kier molecular flexibility index (Phi) is 3.55. The molecule has 0 fully saturated rings. The fourth-order valence-corrected chi connectivity index (χ4v) is 1.91. The molecular formula is C14H19N3O. The van der Waals surface area contributed by atoms with E-state index in [1.807, 2.05) is 30.3 Å². The first-order valence-corrected chi connectivity index (χ1v) is 6.09. The number of nitrogens with zero attached hydrogens (tertiary/aromatic N) is 2. The summed E-state index contributed by atoms with van der Waals surface area (Å²) in [5.41, 5.74) is 7.94. The first kappa shape index (κ1) is 12.5. The first-order chi connectivity index (χ1) is 8.60. The number of nitrogen functional groups attached to an aromatic ring is 1. The van der Waals surface area contributed by atoms with Gasteiger partial charge in [0.25, 0.3) is 0 Å². The van der Waals surface area contributed by atoms with Crippen molar-refractivity contribution in [1.82, 2.24) is 9.78 Å². The number of benzene rings is 1. The molecule has 1 aromatic carbocycles. The third-order valence-electron chi connectivity index (χ3n) is 2.70. The number of nitrogens with two attached hydrogens (primary N) is 1. The Morgan fingerprint density at radius 1 is 1.33 bits per heavy atom. The molecule has 0 aliphatic heterocycles. The number of ether oxygens (including phenoxy) is 1. The van der Waals surface area contributed by atoms with Crippen molar-refractivity contribution in [1.29, 1.82) is 0 Å². The van der Waals surface area contributed by atoms with Crippen LogP contribution in [0.3, 0.4) is 0 Å². The molecule has 1 heterocycles. The van der Waals surface area contributed by atoms with Gasteiger partial charge in [-0.1, -0.05) is 19.9 Å². The summed E-state index contributed by atoms with van der Waals surface area (Å²) in [6.45, 7) is 4.33.